The van der Waals surface area contributed by atoms with Gasteiger partial charge in [-0.05, 0) is 18.4 Å². The van der Waals surface area contributed by atoms with Crippen LogP contribution in [0.5, 0.6) is 0 Å². The Morgan fingerprint density at radius 2 is 2.03 bits per heavy atom. The maximum Gasteiger partial charge on any atom is 0.312 e. The van der Waals surface area contributed by atoms with Gasteiger partial charge in [-0.25, -0.2) is 0 Å². The van der Waals surface area contributed by atoms with Crippen LogP contribution in [0.1, 0.15) is 18.4 Å². The molecule has 2 amide bonds. The number of hydrogen-bond acceptors (Lipinski definition) is 6. The number of esters is 1. The number of benzene rings is 1. The van der Waals surface area contributed by atoms with E-state index in [4.69, 9.17) is 9.47 Å². The van der Waals surface area contributed by atoms with E-state index in [1.807, 2.05) is 30.3 Å². The highest BCUT2D eigenvalue weighted by Gasteiger charge is 2.77. The second-order valence-corrected chi connectivity index (χ2v) is 10.3. The molecule has 2 bridgehead atoms. The first kappa shape index (κ1) is 25.6. The fourth-order valence-electron chi connectivity index (χ4n) is 5.73. The number of aliphatic hydroxyl groups is 1. The minimum Gasteiger partial charge on any atom is -0.465 e. The van der Waals surface area contributed by atoms with Crippen molar-refractivity contribution in [2.75, 3.05) is 26.3 Å². The molecule has 0 saturated carbocycles. The Hall–Kier alpha value is -2.49. The fraction of sp³-hybridized carbons (Fsp3) is 0.500. The van der Waals surface area contributed by atoms with Crippen LogP contribution in [0.3, 0.4) is 0 Å². The molecule has 3 saturated heterocycles. The predicted molar refractivity (Wildman–Crippen MR) is 132 cm³/mol. The third-order valence-electron chi connectivity index (χ3n) is 7.08. The molecule has 3 heterocycles. The Morgan fingerprint density at radius 1 is 1.29 bits per heavy atom. The average Bonchev–Trinajstić information content (AvgIpc) is 3.43. The van der Waals surface area contributed by atoms with Gasteiger partial charge in [0.25, 0.3) is 0 Å². The van der Waals surface area contributed by atoms with Gasteiger partial charge in [-0.2, -0.15) is 0 Å². The molecule has 1 aromatic carbocycles. The molecule has 1 spiro atoms. The van der Waals surface area contributed by atoms with Crippen LogP contribution in [0.25, 0.3) is 0 Å². The molecule has 6 atom stereocenters. The van der Waals surface area contributed by atoms with E-state index in [1.54, 1.807) is 17.1 Å². The number of likely N-dealkylation sites (tertiary alicyclic amines) is 1. The van der Waals surface area contributed by atoms with Crippen molar-refractivity contribution < 1.29 is 29.0 Å². The predicted octanol–water partition coefficient (Wildman–Crippen LogP) is 2.06. The molecule has 3 aliphatic rings. The Labute approximate surface area is 213 Å². The van der Waals surface area contributed by atoms with Crippen molar-refractivity contribution in [3.05, 3.63) is 61.2 Å². The normalized spacial score (nSPS) is 30.7. The molecule has 0 aliphatic carbocycles. The lowest BCUT2D eigenvalue weighted by molar-refractivity contribution is -0.155. The van der Waals surface area contributed by atoms with Crippen LogP contribution < -0.4 is 0 Å². The third kappa shape index (κ3) is 4.45. The molecule has 1 aromatic rings. The number of nitrogens with zero attached hydrogens (tertiary/aromatic N) is 2. The number of β-amino-alcohol motifs (C(OH)–C–C–N with tert-alkyl or cyclic N) is 1. The van der Waals surface area contributed by atoms with Gasteiger partial charge in [0.15, 0.2) is 0 Å². The summed E-state index contributed by atoms with van der Waals surface area (Å²) in [6.07, 6.45) is 3.62. The highest BCUT2D eigenvalue weighted by atomic mass is 79.9. The van der Waals surface area contributed by atoms with Gasteiger partial charge in [0, 0.05) is 24.5 Å². The number of fused-ring (bicyclic) bond motifs is 1. The fourth-order valence-corrected chi connectivity index (χ4v) is 6.67. The van der Waals surface area contributed by atoms with Gasteiger partial charge >= 0.3 is 5.97 Å². The highest BCUT2D eigenvalue weighted by Crippen LogP contribution is 2.60. The smallest absolute Gasteiger partial charge is 0.312 e. The van der Waals surface area contributed by atoms with Crippen LogP contribution in [-0.4, -0.2) is 81.6 Å². The summed E-state index contributed by atoms with van der Waals surface area (Å²) >= 11 is 3.63. The molecule has 3 aliphatic heterocycles. The van der Waals surface area contributed by atoms with Gasteiger partial charge in [0.2, 0.25) is 11.8 Å². The zero-order valence-corrected chi connectivity index (χ0v) is 21.1. The average molecular weight is 547 g/mol. The van der Waals surface area contributed by atoms with Crippen molar-refractivity contribution in [2.24, 2.45) is 11.8 Å². The monoisotopic (exact) mass is 546 g/mol. The van der Waals surface area contributed by atoms with Crippen molar-refractivity contribution in [1.29, 1.82) is 0 Å². The number of ether oxygens (including phenoxy) is 2. The van der Waals surface area contributed by atoms with Crippen LogP contribution in [-0.2, 0) is 30.4 Å². The molecule has 4 rings (SSSR count). The minimum absolute atomic E-state index is 0.0278. The zero-order valence-electron chi connectivity index (χ0n) is 19.6. The van der Waals surface area contributed by atoms with E-state index in [9.17, 15) is 19.5 Å². The SMILES string of the molecule is C=CCCOC(=O)[C@H]1[C@@H]2OC3(CC2Br)C(C(=O)N(CC=C)Cc2ccccc2)N(CCO)C(=O)[C@H]13. The first-order valence-corrected chi connectivity index (χ1v) is 12.8. The molecule has 1 N–H and O–H groups in total. The van der Waals surface area contributed by atoms with E-state index in [0.29, 0.717) is 19.4 Å². The Kier molecular flexibility index (Phi) is 7.78. The van der Waals surface area contributed by atoms with Gasteiger partial charge in [-0.3, -0.25) is 14.4 Å². The van der Waals surface area contributed by atoms with Crippen LogP contribution in [0.15, 0.2) is 55.6 Å². The number of alkyl halides is 1. The number of hydrogen-bond donors (Lipinski definition) is 1. The summed E-state index contributed by atoms with van der Waals surface area (Å²) in [5, 5.41) is 9.74. The molecule has 8 nitrogen and oxygen atoms in total. The summed E-state index contributed by atoms with van der Waals surface area (Å²) in [5.41, 5.74) is -0.242. The van der Waals surface area contributed by atoms with Crippen LogP contribution in [0.4, 0.5) is 0 Å². The second-order valence-electron chi connectivity index (χ2n) is 9.16. The van der Waals surface area contributed by atoms with Crippen LogP contribution in [0, 0.1) is 11.8 Å². The number of rotatable bonds is 11. The van der Waals surface area contributed by atoms with Gasteiger partial charge in [-0.1, -0.05) is 58.4 Å². The van der Waals surface area contributed by atoms with Crippen molar-refractivity contribution in [1.82, 2.24) is 9.80 Å². The first-order valence-electron chi connectivity index (χ1n) is 11.8. The van der Waals surface area contributed by atoms with Gasteiger partial charge in [-0.15, -0.1) is 13.2 Å². The summed E-state index contributed by atoms with van der Waals surface area (Å²) in [5.74, 6) is -2.83. The third-order valence-corrected chi connectivity index (χ3v) is 7.92. The number of carbonyl (C=O) groups excluding carboxylic acids is 3. The van der Waals surface area contributed by atoms with E-state index < -0.39 is 35.6 Å². The van der Waals surface area contributed by atoms with E-state index in [0.717, 1.165) is 5.56 Å². The summed E-state index contributed by atoms with van der Waals surface area (Å²) < 4.78 is 11.8. The van der Waals surface area contributed by atoms with Crippen molar-refractivity contribution in [2.45, 2.75) is 42.0 Å². The Balaban J connectivity index is 1.69. The number of aliphatic hydroxyl groups excluding tert-OH is 1. The van der Waals surface area contributed by atoms with Crippen molar-refractivity contribution in [3.8, 4) is 0 Å². The lowest BCUT2D eigenvalue weighted by Gasteiger charge is -2.37. The lowest BCUT2D eigenvalue weighted by Crippen LogP contribution is -2.56. The highest BCUT2D eigenvalue weighted by molar-refractivity contribution is 9.09. The summed E-state index contributed by atoms with van der Waals surface area (Å²) in [6, 6.07) is 8.59. The maximum absolute atomic E-state index is 14.1. The summed E-state index contributed by atoms with van der Waals surface area (Å²) in [7, 11) is 0. The Bertz CT molecular complexity index is 987. The lowest BCUT2D eigenvalue weighted by atomic mass is 9.70. The molecular formula is C26H31BrN2O6. The van der Waals surface area contributed by atoms with Crippen molar-refractivity contribution in [3.63, 3.8) is 0 Å². The molecule has 9 heteroatoms. The molecule has 3 unspecified atom stereocenters. The number of carbonyl (C=O) groups is 3. The summed E-state index contributed by atoms with van der Waals surface area (Å²) in [4.78, 5) is 43.6. The molecule has 0 aromatic heterocycles. The van der Waals surface area contributed by atoms with Crippen molar-refractivity contribution >= 4 is 33.7 Å². The van der Waals surface area contributed by atoms with Gasteiger partial charge < -0.3 is 24.4 Å². The van der Waals surface area contributed by atoms with Gasteiger partial charge in [0.1, 0.15) is 11.6 Å². The first-order chi connectivity index (χ1) is 16.9. The Morgan fingerprint density at radius 3 is 2.69 bits per heavy atom. The molecule has 3 fully saturated rings. The van der Waals surface area contributed by atoms with E-state index in [1.165, 1.54) is 4.90 Å². The summed E-state index contributed by atoms with van der Waals surface area (Å²) in [6.45, 7) is 7.87. The number of amides is 2. The molecule has 188 valence electrons. The van der Waals surface area contributed by atoms with E-state index in [-0.39, 0.29) is 42.9 Å². The molecule has 0 radical (unpaired) electrons. The zero-order chi connectivity index (χ0) is 25.2. The van der Waals surface area contributed by atoms with Crippen LogP contribution in [0.2, 0.25) is 0 Å². The second kappa shape index (κ2) is 10.6. The van der Waals surface area contributed by atoms with Gasteiger partial charge in [0.05, 0.1) is 31.2 Å². The number of halogens is 1. The minimum atomic E-state index is -1.18. The molecule has 35 heavy (non-hydrogen) atoms. The van der Waals surface area contributed by atoms with Crippen LogP contribution >= 0.6 is 15.9 Å². The molecular weight excluding hydrogens is 516 g/mol. The largest absolute Gasteiger partial charge is 0.465 e. The van der Waals surface area contributed by atoms with E-state index >= 15 is 0 Å². The topological polar surface area (TPSA) is 96.4 Å². The maximum atomic E-state index is 14.1. The van der Waals surface area contributed by atoms with E-state index in [2.05, 4.69) is 29.1 Å². The standard InChI is InChI=1S/C26H31BrN2O6/c1-3-5-14-34-25(33)19-20-23(31)29(12-13-30)22(26(20)15-18(27)21(19)35-26)24(32)28(11-4-2)16-17-9-7-6-8-10-17/h3-4,6-10,18-22,30H,1-2,5,11-16H2/t18?,19-,20+,21-,22?,26?/m1/s1. The quantitative estimate of drug-likeness (QED) is 0.197.